The van der Waals surface area contributed by atoms with Gasteiger partial charge in [0.25, 0.3) is 0 Å². The fraction of sp³-hybridized carbons (Fsp3) is 0.217. The number of carbonyl (C=O) groups excluding carboxylic acids is 2. The van der Waals surface area contributed by atoms with E-state index < -0.39 is 6.04 Å². The van der Waals surface area contributed by atoms with Gasteiger partial charge in [0, 0.05) is 0 Å². The summed E-state index contributed by atoms with van der Waals surface area (Å²) in [7, 11) is 2.93. The lowest BCUT2D eigenvalue weighted by Crippen LogP contribution is -2.31. The molecule has 3 aromatic rings. The van der Waals surface area contributed by atoms with Gasteiger partial charge in [-0.2, -0.15) is 0 Å². The Balaban J connectivity index is 1.74. The number of ether oxygens (including phenoxy) is 2. The Labute approximate surface area is 164 Å². The van der Waals surface area contributed by atoms with Crippen LogP contribution in [0.3, 0.4) is 0 Å². The summed E-state index contributed by atoms with van der Waals surface area (Å²) in [6.07, 6.45) is 0.297. The molecule has 5 heteroatoms. The second-order valence-corrected chi connectivity index (χ2v) is 6.53. The number of benzene rings is 3. The first-order valence-corrected chi connectivity index (χ1v) is 9.07. The highest BCUT2D eigenvalue weighted by Gasteiger charge is 2.19. The summed E-state index contributed by atoms with van der Waals surface area (Å²) in [4.78, 5) is 24.4. The smallest absolute Gasteiger partial charge is 0.307 e. The highest BCUT2D eigenvalue weighted by molar-refractivity contribution is 5.85. The van der Waals surface area contributed by atoms with Gasteiger partial charge >= 0.3 is 5.97 Å². The lowest BCUT2D eigenvalue weighted by molar-refractivity contribution is -0.141. The molecule has 0 aliphatic rings. The number of rotatable bonds is 7. The molecule has 1 unspecified atom stereocenters. The lowest BCUT2D eigenvalue weighted by Gasteiger charge is -2.19. The normalized spacial score (nSPS) is 11.6. The van der Waals surface area contributed by atoms with Gasteiger partial charge in [-0.05, 0) is 34.0 Å². The van der Waals surface area contributed by atoms with E-state index in [-0.39, 0.29) is 24.7 Å². The molecule has 0 spiro atoms. The van der Waals surface area contributed by atoms with Crippen LogP contribution in [0.2, 0.25) is 0 Å². The van der Waals surface area contributed by atoms with Crippen LogP contribution in [0.5, 0.6) is 5.75 Å². The van der Waals surface area contributed by atoms with Crippen LogP contribution in [0, 0.1) is 0 Å². The Kier molecular flexibility index (Phi) is 6.27. The number of hydrogen-bond acceptors (Lipinski definition) is 4. The van der Waals surface area contributed by atoms with Crippen LogP contribution in [-0.4, -0.2) is 26.1 Å². The maximum atomic E-state index is 12.6. The highest BCUT2D eigenvalue weighted by Crippen LogP contribution is 2.21. The monoisotopic (exact) mass is 377 g/mol. The Bertz CT molecular complexity index is 966. The minimum atomic E-state index is -0.466. The zero-order valence-electron chi connectivity index (χ0n) is 16.0. The van der Waals surface area contributed by atoms with E-state index in [1.165, 1.54) is 7.11 Å². The summed E-state index contributed by atoms with van der Waals surface area (Å²) >= 11 is 0. The summed E-state index contributed by atoms with van der Waals surface area (Å²) in [6.45, 7) is 0. The molecular weight excluding hydrogens is 354 g/mol. The van der Waals surface area contributed by atoms with Gasteiger partial charge in [0.05, 0.1) is 33.1 Å². The van der Waals surface area contributed by atoms with E-state index >= 15 is 0 Å². The molecule has 1 N–H and O–H groups in total. The van der Waals surface area contributed by atoms with Crippen LogP contribution in [-0.2, 0) is 20.7 Å². The molecule has 0 radical (unpaired) electrons. The third-order valence-corrected chi connectivity index (χ3v) is 4.63. The van der Waals surface area contributed by atoms with Crippen LogP contribution in [0.25, 0.3) is 10.8 Å². The summed E-state index contributed by atoms with van der Waals surface area (Å²) in [5.41, 5.74) is 1.74. The van der Waals surface area contributed by atoms with E-state index in [4.69, 9.17) is 9.47 Å². The van der Waals surface area contributed by atoms with Gasteiger partial charge in [0.15, 0.2) is 0 Å². The van der Waals surface area contributed by atoms with Gasteiger partial charge < -0.3 is 14.8 Å². The number of carbonyl (C=O) groups is 2. The van der Waals surface area contributed by atoms with Gasteiger partial charge in [0.2, 0.25) is 5.91 Å². The lowest BCUT2D eigenvalue weighted by atomic mass is 10.0. The van der Waals surface area contributed by atoms with Crippen molar-refractivity contribution in [2.75, 3.05) is 14.2 Å². The molecule has 0 heterocycles. The molecule has 0 fully saturated rings. The molecule has 1 atom stereocenters. The minimum Gasteiger partial charge on any atom is -0.497 e. The highest BCUT2D eigenvalue weighted by atomic mass is 16.5. The van der Waals surface area contributed by atoms with Gasteiger partial charge in [-0.3, -0.25) is 9.59 Å². The van der Waals surface area contributed by atoms with Crippen LogP contribution in [0.1, 0.15) is 23.6 Å². The Morgan fingerprint density at radius 2 is 1.64 bits per heavy atom. The molecule has 1 amide bonds. The molecule has 5 nitrogen and oxygen atoms in total. The van der Waals surface area contributed by atoms with Crippen LogP contribution in [0.15, 0.2) is 66.7 Å². The molecule has 3 aromatic carbocycles. The number of amides is 1. The molecule has 3 rings (SSSR count). The Morgan fingerprint density at radius 1 is 0.929 bits per heavy atom. The fourth-order valence-corrected chi connectivity index (χ4v) is 3.12. The van der Waals surface area contributed by atoms with Gasteiger partial charge in [-0.1, -0.05) is 54.6 Å². The molecule has 0 saturated carbocycles. The van der Waals surface area contributed by atoms with Crippen LogP contribution < -0.4 is 10.1 Å². The van der Waals surface area contributed by atoms with Crippen molar-refractivity contribution in [3.63, 3.8) is 0 Å². The molecule has 0 bridgehead atoms. The van der Waals surface area contributed by atoms with Crippen molar-refractivity contribution in [3.05, 3.63) is 77.9 Å². The van der Waals surface area contributed by atoms with E-state index in [0.29, 0.717) is 5.75 Å². The van der Waals surface area contributed by atoms with Gasteiger partial charge in [0.1, 0.15) is 5.75 Å². The Morgan fingerprint density at radius 3 is 2.32 bits per heavy atom. The van der Waals surface area contributed by atoms with E-state index in [9.17, 15) is 9.59 Å². The van der Waals surface area contributed by atoms with Crippen molar-refractivity contribution in [1.82, 2.24) is 5.32 Å². The number of nitrogens with one attached hydrogen (secondary N) is 1. The van der Waals surface area contributed by atoms with Crippen molar-refractivity contribution in [1.29, 1.82) is 0 Å². The maximum Gasteiger partial charge on any atom is 0.307 e. The molecule has 0 saturated heterocycles. The van der Waals surface area contributed by atoms with Crippen molar-refractivity contribution in [3.8, 4) is 5.75 Å². The van der Waals surface area contributed by atoms with Crippen molar-refractivity contribution in [2.45, 2.75) is 18.9 Å². The summed E-state index contributed by atoms with van der Waals surface area (Å²) in [6, 6.07) is 20.8. The number of esters is 1. The summed E-state index contributed by atoms with van der Waals surface area (Å²) < 4.78 is 9.95. The number of methoxy groups -OCH3 is 2. The minimum absolute atomic E-state index is 0.0618. The van der Waals surface area contributed by atoms with E-state index in [1.54, 1.807) is 19.2 Å². The van der Waals surface area contributed by atoms with E-state index in [1.807, 2.05) is 54.6 Å². The maximum absolute atomic E-state index is 12.6. The predicted molar refractivity (Wildman–Crippen MR) is 108 cm³/mol. The first-order chi connectivity index (χ1) is 13.6. The van der Waals surface area contributed by atoms with Crippen LogP contribution in [0.4, 0.5) is 0 Å². The average molecular weight is 377 g/mol. The third-order valence-electron chi connectivity index (χ3n) is 4.63. The topological polar surface area (TPSA) is 64.6 Å². The average Bonchev–Trinajstić information content (AvgIpc) is 2.73. The van der Waals surface area contributed by atoms with E-state index in [0.717, 1.165) is 21.9 Å². The molecule has 0 aromatic heterocycles. The second kappa shape index (κ2) is 9.04. The molecule has 28 heavy (non-hydrogen) atoms. The molecular formula is C23H23NO4. The second-order valence-electron chi connectivity index (χ2n) is 6.53. The zero-order chi connectivity index (χ0) is 19.9. The fourth-order valence-electron chi connectivity index (χ4n) is 3.12. The standard InChI is InChI=1S/C23H23NO4/c1-27-20-11-9-18(10-12-20)21(15-23(26)28-2)24-22(25)14-16-7-8-17-5-3-4-6-19(17)13-16/h3-13,21H,14-15H2,1-2H3,(H,24,25). The first-order valence-electron chi connectivity index (χ1n) is 9.07. The van der Waals surface area contributed by atoms with Crippen molar-refractivity contribution < 1.29 is 19.1 Å². The number of hydrogen-bond donors (Lipinski definition) is 1. The third kappa shape index (κ3) is 4.88. The zero-order valence-corrected chi connectivity index (χ0v) is 16.0. The quantitative estimate of drug-likeness (QED) is 0.636. The molecule has 144 valence electrons. The summed E-state index contributed by atoms with van der Waals surface area (Å²) in [5.74, 6) is 0.176. The Hall–Kier alpha value is -3.34. The largest absolute Gasteiger partial charge is 0.497 e. The van der Waals surface area contributed by atoms with Crippen LogP contribution >= 0.6 is 0 Å². The summed E-state index contributed by atoms with van der Waals surface area (Å²) in [5, 5.41) is 5.18. The van der Waals surface area contributed by atoms with Gasteiger partial charge in [-0.25, -0.2) is 0 Å². The van der Waals surface area contributed by atoms with Gasteiger partial charge in [-0.15, -0.1) is 0 Å². The predicted octanol–water partition coefficient (Wildman–Crippen LogP) is 3.81. The number of fused-ring (bicyclic) bond motifs is 1. The van der Waals surface area contributed by atoms with E-state index in [2.05, 4.69) is 5.32 Å². The molecule has 0 aliphatic heterocycles. The van der Waals surface area contributed by atoms with Crippen molar-refractivity contribution >= 4 is 22.6 Å². The SMILES string of the molecule is COC(=O)CC(NC(=O)Cc1ccc2ccccc2c1)c1ccc(OC)cc1. The van der Waals surface area contributed by atoms with Crippen molar-refractivity contribution in [2.24, 2.45) is 0 Å². The first kappa shape index (κ1) is 19.4. The molecule has 0 aliphatic carbocycles.